The highest BCUT2D eigenvalue weighted by molar-refractivity contribution is 5.86. The third-order valence-electron chi connectivity index (χ3n) is 1.39. The second-order valence-electron chi connectivity index (χ2n) is 2.53. The maximum Gasteiger partial charge on any atom is 0.243 e. The second-order valence-corrected chi connectivity index (χ2v) is 2.53. The Morgan fingerprint density at radius 1 is 1.33 bits per heavy atom. The van der Waals surface area contributed by atoms with Crippen LogP contribution >= 0.6 is 0 Å². The number of carbonyl (C=O) groups is 1. The van der Waals surface area contributed by atoms with Gasteiger partial charge in [0.15, 0.2) is 0 Å². The van der Waals surface area contributed by atoms with Gasteiger partial charge in [0.05, 0.1) is 0 Å². The monoisotopic (exact) mass is 171 g/mol. The molecule has 0 aliphatic heterocycles. The molecule has 1 N–H and O–H groups in total. The van der Waals surface area contributed by atoms with Gasteiger partial charge in [-0.2, -0.15) is 0 Å². The van der Waals surface area contributed by atoms with E-state index in [1.54, 1.807) is 7.05 Å². The van der Waals surface area contributed by atoms with Crippen LogP contribution < -0.4 is 5.32 Å². The summed E-state index contributed by atoms with van der Waals surface area (Å²) in [6, 6.07) is 0. The zero-order chi connectivity index (χ0) is 9.82. The molecule has 0 unspecified atom stereocenters. The molecule has 72 valence electrons. The van der Waals surface area contributed by atoms with Crippen molar-refractivity contribution >= 4 is 5.91 Å². The lowest BCUT2D eigenvalue weighted by Gasteiger charge is -1.86. The van der Waals surface area contributed by atoms with Gasteiger partial charge in [-0.05, 0) is 6.08 Å². The van der Waals surface area contributed by atoms with Crippen LogP contribution in [-0.2, 0) is 4.79 Å². The molecule has 0 aromatic heterocycles. The second kappa shape index (κ2) is 12.8. The number of rotatable bonds is 4. The highest BCUT2D eigenvalue weighted by Gasteiger charge is 1.78. The molecule has 0 aromatic carbocycles. The summed E-state index contributed by atoms with van der Waals surface area (Å²) in [5, 5.41) is 2.36. The highest BCUT2D eigenvalue weighted by Crippen LogP contribution is 1.95. The summed E-state index contributed by atoms with van der Waals surface area (Å²) >= 11 is 0. The SMILES string of the molecule is C=CC(=O)NC.CCCCCC. The molecule has 0 rings (SSSR count). The maximum absolute atomic E-state index is 9.95. The Morgan fingerprint density at radius 3 is 1.83 bits per heavy atom. The largest absolute Gasteiger partial charge is 0.356 e. The van der Waals surface area contributed by atoms with E-state index >= 15 is 0 Å². The topological polar surface area (TPSA) is 29.1 Å². The first kappa shape index (κ1) is 13.8. The summed E-state index contributed by atoms with van der Waals surface area (Å²) in [5.74, 6) is -0.144. The Hall–Kier alpha value is -0.790. The molecule has 0 saturated heterocycles. The maximum atomic E-state index is 9.95. The highest BCUT2D eigenvalue weighted by atomic mass is 16.1. The Labute approximate surface area is 76.1 Å². The summed E-state index contributed by atoms with van der Waals surface area (Å²) in [5.41, 5.74) is 0. The van der Waals surface area contributed by atoms with Crippen molar-refractivity contribution in [2.75, 3.05) is 7.05 Å². The minimum Gasteiger partial charge on any atom is -0.356 e. The van der Waals surface area contributed by atoms with E-state index in [1.165, 1.54) is 31.8 Å². The normalized spacial score (nSPS) is 7.92. The van der Waals surface area contributed by atoms with Crippen LogP contribution in [0.15, 0.2) is 12.7 Å². The standard InChI is InChI=1S/C6H14.C4H7NO/c1-3-5-6-4-2;1-3-4(6)5-2/h3-6H2,1-2H3;3H,1H2,2H3,(H,5,6). The van der Waals surface area contributed by atoms with Gasteiger partial charge < -0.3 is 5.32 Å². The molecule has 0 aromatic rings. The van der Waals surface area contributed by atoms with Crippen molar-refractivity contribution in [2.24, 2.45) is 0 Å². The minimum absolute atomic E-state index is 0.144. The number of likely N-dealkylation sites (N-methyl/N-ethyl adjacent to an activating group) is 1. The molecule has 2 heteroatoms. The van der Waals surface area contributed by atoms with Crippen molar-refractivity contribution < 1.29 is 4.79 Å². The van der Waals surface area contributed by atoms with Crippen LogP contribution in [-0.4, -0.2) is 13.0 Å². The first-order chi connectivity index (χ1) is 5.72. The third kappa shape index (κ3) is 16.1. The molecule has 2 nitrogen and oxygen atoms in total. The van der Waals surface area contributed by atoms with E-state index in [9.17, 15) is 4.79 Å². The van der Waals surface area contributed by atoms with Crippen LogP contribution in [0.2, 0.25) is 0 Å². The van der Waals surface area contributed by atoms with Crippen molar-refractivity contribution in [1.82, 2.24) is 5.32 Å². The first-order valence-corrected chi connectivity index (χ1v) is 4.57. The number of carbonyl (C=O) groups excluding carboxylic acids is 1. The molecule has 0 bridgehead atoms. The Morgan fingerprint density at radius 2 is 1.75 bits per heavy atom. The molecule has 12 heavy (non-hydrogen) atoms. The van der Waals surface area contributed by atoms with Crippen LogP contribution in [0.4, 0.5) is 0 Å². The lowest BCUT2D eigenvalue weighted by Crippen LogP contribution is -2.13. The van der Waals surface area contributed by atoms with E-state index in [-0.39, 0.29) is 5.91 Å². The van der Waals surface area contributed by atoms with Crippen LogP contribution in [0.25, 0.3) is 0 Å². The van der Waals surface area contributed by atoms with E-state index in [2.05, 4.69) is 25.7 Å². The van der Waals surface area contributed by atoms with Gasteiger partial charge in [-0.3, -0.25) is 4.79 Å². The van der Waals surface area contributed by atoms with Crippen molar-refractivity contribution in [1.29, 1.82) is 0 Å². The molecule has 0 radical (unpaired) electrons. The Kier molecular flexibility index (Phi) is 14.8. The zero-order valence-corrected chi connectivity index (χ0v) is 8.52. The van der Waals surface area contributed by atoms with Crippen molar-refractivity contribution in [3.63, 3.8) is 0 Å². The van der Waals surface area contributed by atoms with Crippen LogP contribution in [0.3, 0.4) is 0 Å². The molecule has 0 heterocycles. The molecule has 0 spiro atoms. The predicted octanol–water partition coefficient (Wildman–Crippen LogP) is 2.51. The van der Waals surface area contributed by atoms with Gasteiger partial charge in [0.1, 0.15) is 0 Å². The number of unbranched alkanes of at least 4 members (excludes halogenated alkanes) is 3. The predicted molar refractivity (Wildman–Crippen MR) is 54.1 cm³/mol. The summed E-state index contributed by atoms with van der Waals surface area (Å²) < 4.78 is 0. The Bertz CT molecular complexity index is 106. The molecule has 0 aliphatic rings. The molecule has 0 saturated carbocycles. The molecular weight excluding hydrogens is 150 g/mol. The van der Waals surface area contributed by atoms with Gasteiger partial charge in [-0.1, -0.05) is 46.1 Å². The van der Waals surface area contributed by atoms with Gasteiger partial charge in [0.25, 0.3) is 0 Å². The molecule has 0 fully saturated rings. The molecule has 0 aliphatic carbocycles. The summed E-state index contributed by atoms with van der Waals surface area (Å²) in [4.78, 5) is 9.95. The zero-order valence-electron chi connectivity index (χ0n) is 8.52. The lowest BCUT2D eigenvalue weighted by atomic mass is 10.2. The van der Waals surface area contributed by atoms with Gasteiger partial charge in [-0.15, -0.1) is 0 Å². The van der Waals surface area contributed by atoms with Crippen LogP contribution in [0, 0.1) is 0 Å². The van der Waals surface area contributed by atoms with E-state index in [4.69, 9.17) is 0 Å². The Balaban J connectivity index is 0. The lowest BCUT2D eigenvalue weighted by molar-refractivity contribution is -0.116. The van der Waals surface area contributed by atoms with Gasteiger partial charge in [-0.25, -0.2) is 0 Å². The number of hydrogen-bond acceptors (Lipinski definition) is 1. The number of nitrogens with one attached hydrogen (secondary N) is 1. The van der Waals surface area contributed by atoms with Crippen molar-refractivity contribution in [3.05, 3.63) is 12.7 Å². The smallest absolute Gasteiger partial charge is 0.243 e. The molecule has 0 atom stereocenters. The van der Waals surface area contributed by atoms with E-state index in [1.807, 2.05) is 0 Å². The first-order valence-electron chi connectivity index (χ1n) is 4.57. The van der Waals surface area contributed by atoms with Crippen LogP contribution in [0.1, 0.15) is 39.5 Å². The van der Waals surface area contributed by atoms with Crippen LogP contribution in [0.5, 0.6) is 0 Å². The average Bonchev–Trinajstić information content (AvgIpc) is 2.14. The van der Waals surface area contributed by atoms with E-state index < -0.39 is 0 Å². The van der Waals surface area contributed by atoms with Gasteiger partial charge in [0.2, 0.25) is 5.91 Å². The summed E-state index contributed by atoms with van der Waals surface area (Å²) in [7, 11) is 1.56. The van der Waals surface area contributed by atoms with E-state index in [0.717, 1.165) is 0 Å². The summed E-state index contributed by atoms with van der Waals surface area (Å²) in [6.45, 7) is 7.68. The fourth-order valence-electron chi connectivity index (χ4n) is 0.602. The minimum atomic E-state index is -0.144. The molecule has 1 amide bonds. The quantitative estimate of drug-likeness (QED) is 0.511. The van der Waals surface area contributed by atoms with E-state index in [0.29, 0.717) is 0 Å². The third-order valence-corrected chi connectivity index (χ3v) is 1.39. The number of amides is 1. The van der Waals surface area contributed by atoms with Gasteiger partial charge in [0, 0.05) is 7.05 Å². The summed E-state index contributed by atoms with van der Waals surface area (Å²) in [6.07, 6.45) is 6.76. The van der Waals surface area contributed by atoms with Crippen molar-refractivity contribution in [3.8, 4) is 0 Å². The fourth-order valence-corrected chi connectivity index (χ4v) is 0.602. The number of hydrogen-bond donors (Lipinski definition) is 1. The molecular formula is C10H21NO. The van der Waals surface area contributed by atoms with Crippen molar-refractivity contribution in [2.45, 2.75) is 39.5 Å². The fraction of sp³-hybridized carbons (Fsp3) is 0.700. The van der Waals surface area contributed by atoms with Gasteiger partial charge >= 0.3 is 0 Å². The average molecular weight is 171 g/mol.